The minimum absolute atomic E-state index is 0.130. The summed E-state index contributed by atoms with van der Waals surface area (Å²) in [6.07, 6.45) is 0.568. The van der Waals surface area contributed by atoms with Crippen molar-refractivity contribution in [1.29, 1.82) is 0 Å². The van der Waals surface area contributed by atoms with E-state index in [1.165, 1.54) is 16.4 Å². The molecule has 3 N–H and O–H groups in total. The molecule has 3 aromatic rings. The van der Waals surface area contributed by atoms with E-state index in [4.69, 9.17) is 29.0 Å². The van der Waals surface area contributed by atoms with E-state index < -0.39 is 0 Å². The molecule has 1 amide bonds. The van der Waals surface area contributed by atoms with Crippen molar-refractivity contribution in [2.45, 2.75) is 11.6 Å². The maximum atomic E-state index is 12.1. The molecule has 0 saturated carbocycles. The Bertz CT molecular complexity index is 897. The van der Waals surface area contributed by atoms with E-state index in [1.54, 1.807) is 18.2 Å². The standard InChI is InChI=1S/C17H15Cl2N5OS/c18-12-7-13(19)9-14(8-12)21-16(25)10-26-17-23-22-15(24(17)20)6-11-4-2-1-3-5-11/h1-5,7-9H,6,10,20H2,(H,21,25). The summed E-state index contributed by atoms with van der Waals surface area (Å²) in [6.45, 7) is 0. The summed E-state index contributed by atoms with van der Waals surface area (Å²) in [5.74, 6) is 6.57. The Morgan fingerprint density at radius 3 is 2.50 bits per heavy atom. The average Bonchev–Trinajstić information content (AvgIpc) is 2.93. The number of carbonyl (C=O) groups excluding carboxylic acids is 1. The highest BCUT2D eigenvalue weighted by Gasteiger charge is 2.13. The van der Waals surface area contributed by atoms with Gasteiger partial charge in [0.15, 0.2) is 5.82 Å². The van der Waals surface area contributed by atoms with E-state index in [2.05, 4.69) is 15.5 Å². The molecule has 1 heterocycles. The Balaban J connectivity index is 1.58. The first-order chi connectivity index (χ1) is 12.5. The van der Waals surface area contributed by atoms with Crippen LogP contribution in [0.3, 0.4) is 0 Å². The number of carbonyl (C=O) groups is 1. The van der Waals surface area contributed by atoms with E-state index >= 15 is 0 Å². The molecule has 1 aromatic heterocycles. The molecule has 6 nitrogen and oxygen atoms in total. The molecule has 0 atom stereocenters. The van der Waals surface area contributed by atoms with Gasteiger partial charge in [0.05, 0.1) is 5.75 Å². The van der Waals surface area contributed by atoms with Gasteiger partial charge in [0.2, 0.25) is 11.1 Å². The van der Waals surface area contributed by atoms with Gasteiger partial charge < -0.3 is 11.2 Å². The lowest BCUT2D eigenvalue weighted by Crippen LogP contribution is -2.17. The third-order valence-electron chi connectivity index (χ3n) is 3.42. The molecule has 9 heteroatoms. The number of nitrogens with one attached hydrogen (secondary N) is 1. The van der Waals surface area contributed by atoms with Gasteiger partial charge in [0.25, 0.3) is 0 Å². The molecular weight excluding hydrogens is 393 g/mol. The fraction of sp³-hybridized carbons (Fsp3) is 0.118. The predicted octanol–water partition coefficient (Wildman–Crippen LogP) is 3.62. The van der Waals surface area contributed by atoms with Gasteiger partial charge in [-0.05, 0) is 23.8 Å². The van der Waals surface area contributed by atoms with Crippen molar-refractivity contribution in [2.75, 3.05) is 16.9 Å². The van der Waals surface area contributed by atoms with E-state index in [9.17, 15) is 4.79 Å². The summed E-state index contributed by atoms with van der Waals surface area (Å²) >= 11 is 13.0. The molecular formula is C17H15Cl2N5OS. The highest BCUT2D eigenvalue weighted by molar-refractivity contribution is 7.99. The number of hydrogen-bond donors (Lipinski definition) is 2. The number of nitrogens with two attached hydrogens (primary N) is 1. The lowest BCUT2D eigenvalue weighted by atomic mass is 10.1. The van der Waals surface area contributed by atoms with E-state index in [-0.39, 0.29) is 11.7 Å². The lowest BCUT2D eigenvalue weighted by molar-refractivity contribution is -0.113. The van der Waals surface area contributed by atoms with E-state index in [1.807, 2.05) is 30.3 Å². The van der Waals surface area contributed by atoms with Crippen LogP contribution in [0.4, 0.5) is 5.69 Å². The van der Waals surface area contributed by atoms with Gasteiger partial charge in [-0.3, -0.25) is 4.79 Å². The maximum Gasteiger partial charge on any atom is 0.234 e. The third kappa shape index (κ3) is 4.91. The van der Waals surface area contributed by atoms with Crippen molar-refractivity contribution in [3.05, 3.63) is 70.0 Å². The fourth-order valence-electron chi connectivity index (χ4n) is 2.26. The van der Waals surface area contributed by atoms with E-state index in [0.717, 1.165) is 5.56 Å². The number of anilines is 1. The molecule has 0 aliphatic rings. The lowest BCUT2D eigenvalue weighted by Gasteiger charge is -2.06. The molecule has 134 valence electrons. The van der Waals surface area contributed by atoms with Gasteiger partial charge in [-0.25, -0.2) is 4.68 Å². The topological polar surface area (TPSA) is 85.8 Å². The van der Waals surface area contributed by atoms with Crippen LogP contribution < -0.4 is 11.2 Å². The molecule has 0 unspecified atom stereocenters. The third-order valence-corrected chi connectivity index (χ3v) is 4.80. The summed E-state index contributed by atoms with van der Waals surface area (Å²) in [5.41, 5.74) is 1.62. The quantitative estimate of drug-likeness (QED) is 0.481. The predicted molar refractivity (Wildman–Crippen MR) is 105 cm³/mol. The van der Waals surface area contributed by atoms with Gasteiger partial charge in [-0.2, -0.15) is 0 Å². The second kappa shape index (κ2) is 8.44. The zero-order valence-electron chi connectivity index (χ0n) is 13.5. The first-order valence-electron chi connectivity index (χ1n) is 7.63. The number of benzene rings is 2. The Kier molecular flexibility index (Phi) is 6.03. The normalized spacial score (nSPS) is 10.7. The van der Waals surface area contributed by atoms with Crippen molar-refractivity contribution < 1.29 is 4.79 Å². The SMILES string of the molecule is Nn1c(Cc2ccccc2)nnc1SCC(=O)Nc1cc(Cl)cc(Cl)c1. The Morgan fingerprint density at radius 1 is 1.12 bits per heavy atom. The number of hydrogen-bond acceptors (Lipinski definition) is 5. The minimum atomic E-state index is -0.221. The number of thioether (sulfide) groups is 1. The number of nitrogens with zero attached hydrogens (tertiary/aromatic N) is 3. The summed E-state index contributed by atoms with van der Waals surface area (Å²) in [4.78, 5) is 12.1. The van der Waals surface area contributed by atoms with Crippen molar-refractivity contribution in [1.82, 2.24) is 14.9 Å². The first kappa shape index (κ1) is 18.6. The molecule has 0 saturated heterocycles. The molecule has 0 aliphatic heterocycles. The molecule has 0 spiro atoms. The Morgan fingerprint density at radius 2 is 1.81 bits per heavy atom. The summed E-state index contributed by atoms with van der Waals surface area (Å²) in [5, 5.41) is 12.2. The van der Waals surface area contributed by atoms with Crippen LogP contribution in [0.1, 0.15) is 11.4 Å². The van der Waals surface area contributed by atoms with Crippen LogP contribution in [-0.4, -0.2) is 26.5 Å². The van der Waals surface area contributed by atoms with Crippen molar-refractivity contribution in [3.8, 4) is 0 Å². The smallest absolute Gasteiger partial charge is 0.234 e. The van der Waals surface area contributed by atoms with Gasteiger partial charge in [-0.1, -0.05) is 65.3 Å². The highest BCUT2D eigenvalue weighted by atomic mass is 35.5. The van der Waals surface area contributed by atoms with Gasteiger partial charge >= 0.3 is 0 Å². The molecule has 0 radical (unpaired) electrons. The second-order valence-corrected chi connectivity index (χ2v) is 7.24. The minimum Gasteiger partial charge on any atom is -0.336 e. The zero-order chi connectivity index (χ0) is 18.5. The van der Waals surface area contributed by atoms with Crippen molar-refractivity contribution >= 4 is 46.6 Å². The fourth-order valence-corrected chi connectivity index (χ4v) is 3.46. The van der Waals surface area contributed by atoms with Crippen LogP contribution in [0.2, 0.25) is 10.0 Å². The van der Waals surface area contributed by atoms with Gasteiger partial charge in [0, 0.05) is 22.2 Å². The zero-order valence-corrected chi connectivity index (χ0v) is 15.9. The Labute approximate surface area is 164 Å². The van der Waals surface area contributed by atoms with Gasteiger partial charge in [0.1, 0.15) is 0 Å². The van der Waals surface area contributed by atoms with Crippen LogP contribution in [0.25, 0.3) is 0 Å². The van der Waals surface area contributed by atoms with Crippen LogP contribution in [0.15, 0.2) is 53.7 Å². The van der Waals surface area contributed by atoms with Crippen LogP contribution in [-0.2, 0) is 11.2 Å². The number of aromatic nitrogens is 3. The molecule has 0 bridgehead atoms. The number of nitrogen functional groups attached to an aromatic ring is 1. The molecule has 3 rings (SSSR count). The molecule has 26 heavy (non-hydrogen) atoms. The summed E-state index contributed by atoms with van der Waals surface area (Å²) < 4.78 is 1.40. The van der Waals surface area contributed by atoms with Crippen molar-refractivity contribution in [2.24, 2.45) is 0 Å². The molecule has 2 aromatic carbocycles. The van der Waals surface area contributed by atoms with Crippen molar-refractivity contribution in [3.63, 3.8) is 0 Å². The highest BCUT2D eigenvalue weighted by Crippen LogP contribution is 2.23. The monoisotopic (exact) mass is 407 g/mol. The summed E-state index contributed by atoms with van der Waals surface area (Å²) in [6, 6.07) is 14.7. The molecule has 0 aliphatic carbocycles. The maximum absolute atomic E-state index is 12.1. The van der Waals surface area contributed by atoms with Gasteiger partial charge in [-0.15, -0.1) is 10.2 Å². The largest absolute Gasteiger partial charge is 0.336 e. The summed E-state index contributed by atoms with van der Waals surface area (Å²) in [7, 11) is 0. The second-order valence-electron chi connectivity index (χ2n) is 5.43. The number of rotatable bonds is 6. The average molecular weight is 408 g/mol. The van der Waals surface area contributed by atoms with Crippen LogP contribution >= 0.6 is 35.0 Å². The Hall–Kier alpha value is -2.22. The van der Waals surface area contributed by atoms with E-state index in [0.29, 0.717) is 33.1 Å². The number of amides is 1. The number of halogens is 2. The molecule has 0 fully saturated rings. The first-order valence-corrected chi connectivity index (χ1v) is 9.37. The van der Waals surface area contributed by atoms with Crippen LogP contribution in [0, 0.1) is 0 Å². The van der Waals surface area contributed by atoms with Crippen LogP contribution in [0.5, 0.6) is 0 Å².